The van der Waals surface area contributed by atoms with Gasteiger partial charge in [-0.15, -0.1) is 0 Å². The summed E-state index contributed by atoms with van der Waals surface area (Å²) in [6, 6.07) is 10.9. The Hall–Kier alpha value is -1.35. The molecule has 1 aromatic rings. The zero-order chi connectivity index (χ0) is 13.5. The SMILES string of the molecule is CN(CCc1ccccc1)C(=O)CNC1CCCC1. The molecule has 0 heterocycles. The Labute approximate surface area is 116 Å². The van der Waals surface area contributed by atoms with Crippen molar-refractivity contribution in [3.63, 3.8) is 0 Å². The smallest absolute Gasteiger partial charge is 0.236 e. The third-order valence-corrected chi connectivity index (χ3v) is 3.90. The van der Waals surface area contributed by atoms with E-state index in [0.29, 0.717) is 12.6 Å². The molecule has 1 N–H and O–H groups in total. The minimum Gasteiger partial charge on any atom is -0.344 e. The summed E-state index contributed by atoms with van der Waals surface area (Å²) in [6.07, 6.45) is 5.97. The average molecular weight is 260 g/mol. The molecule has 3 nitrogen and oxygen atoms in total. The second-order valence-corrected chi connectivity index (χ2v) is 5.41. The van der Waals surface area contributed by atoms with Gasteiger partial charge in [0.15, 0.2) is 0 Å². The number of rotatable bonds is 6. The second kappa shape index (κ2) is 7.29. The van der Waals surface area contributed by atoms with Gasteiger partial charge in [0.25, 0.3) is 0 Å². The maximum atomic E-state index is 12.0. The molecule has 1 amide bonds. The molecule has 0 aromatic heterocycles. The topological polar surface area (TPSA) is 32.3 Å². The standard InChI is InChI=1S/C16H24N2O/c1-18(12-11-14-7-3-2-4-8-14)16(19)13-17-15-9-5-6-10-15/h2-4,7-8,15,17H,5-6,9-13H2,1H3. The highest BCUT2D eigenvalue weighted by Crippen LogP contribution is 2.17. The van der Waals surface area contributed by atoms with Crippen molar-refractivity contribution in [3.05, 3.63) is 35.9 Å². The van der Waals surface area contributed by atoms with Crippen LogP contribution in [0.25, 0.3) is 0 Å². The molecule has 1 aliphatic rings. The van der Waals surface area contributed by atoms with Gasteiger partial charge < -0.3 is 10.2 Å². The van der Waals surface area contributed by atoms with E-state index < -0.39 is 0 Å². The van der Waals surface area contributed by atoms with E-state index in [9.17, 15) is 4.79 Å². The monoisotopic (exact) mass is 260 g/mol. The normalized spacial score (nSPS) is 15.6. The maximum Gasteiger partial charge on any atom is 0.236 e. The average Bonchev–Trinajstić information content (AvgIpc) is 2.96. The van der Waals surface area contributed by atoms with Gasteiger partial charge in [-0.1, -0.05) is 43.2 Å². The van der Waals surface area contributed by atoms with E-state index in [-0.39, 0.29) is 5.91 Å². The van der Waals surface area contributed by atoms with Crippen molar-refractivity contribution in [2.24, 2.45) is 0 Å². The first-order valence-electron chi connectivity index (χ1n) is 7.27. The molecule has 0 aliphatic heterocycles. The van der Waals surface area contributed by atoms with Crippen molar-refractivity contribution in [2.75, 3.05) is 20.1 Å². The third kappa shape index (κ3) is 4.67. The van der Waals surface area contributed by atoms with Crippen LogP contribution in [-0.2, 0) is 11.2 Å². The quantitative estimate of drug-likeness (QED) is 0.850. The van der Waals surface area contributed by atoms with E-state index in [1.165, 1.54) is 31.2 Å². The first-order chi connectivity index (χ1) is 9.25. The van der Waals surface area contributed by atoms with E-state index in [2.05, 4.69) is 17.4 Å². The summed E-state index contributed by atoms with van der Waals surface area (Å²) in [4.78, 5) is 13.8. The number of carbonyl (C=O) groups is 1. The Morgan fingerprint density at radius 2 is 1.95 bits per heavy atom. The van der Waals surface area contributed by atoms with E-state index in [0.717, 1.165) is 13.0 Å². The van der Waals surface area contributed by atoms with Crippen molar-refractivity contribution < 1.29 is 4.79 Å². The molecule has 1 aromatic carbocycles. The highest BCUT2D eigenvalue weighted by molar-refractivity contribution is 5.78. The van der Waals surface area contributed by atoms with Crippen LogP contribution in [-0.4, -0.2) is 37.0 Å². The predicted molar refractivity (Wildman–Crippen MR) is 78.0 cm³/mol. The fourth-order valence-electron chi connectivity index (χ4n) is 2.56. The summed E-state index contributed by atoms with van der Waals surface area (Å²) in [5.41, 5.74) is 1.28. The second-order valence-electron chi connectivity index (χ2n) is 5.41. The zero-order valence-corrected chi connectivity index (χ0v) is 11.8. The van der Waals surface area contributed by atoms with Crippen LogP contribution in [0.5, 0.6) is 0 Å². The van der Waals surface area contributed by atoms with E-state index >= 15 is 0 Å². The van der Waals surface area contributed by atoms with Crippen molar-refractivity contribution >= 4 is 5.91 Å². The van der Waals surface area contributed by atoms with E-state index in [4.69, 9.17) is 0 Å². The largest absolute Gasteiger partial charge is 0.344 e. The number of hydrogen-bond donors (Lipinski definition) is 1. The number of likely N-dealkylation sites (N-methyl/N-ethyl adjacent to an activating group) is 1. The van der Waals surface area contributed by atoms with Gasteiger partial charge in [-0.05, 0) is 24.8 Å². The summed E-state index contributed by atoms with van der Waals surface area (Å²) in [5, 5.41) is 3.37. The Bertz CT molecular complexity index is 385. The van der Waals surface area contributed by atoms with Crippen LogP contribution < -0.4 is 5.32 Å². The zero-order valence-electron chi connectivity index (χ0n) is 11.8. The van der Waals surface area contributed by atoms with Crippen LogP contribution in [0.3, 0.4) is 0 Å². The fraction of sp³-hybridized carbons (Fsp3) is 0.562. The Kier molecular flexibility index (Phi) is 5.40. The highest BCUT2D eigenvalue weighted by Gasteiger charge is 2.16. The molecule has 19 heavy (non-hydrogen) atoms. The molecule has 104 valence electrons. The minimum absolute atomic E-state index is 0.197. The van der Waals surface area contributed by atoms with Gasteiger partial charge in [0.2, 0.25) is 5.91 Å². The lowest BCUT2D eigenvalue weighted by molar-refractivity contribution is -0.129. The first-order valence-corrected chi connectivity index (χ1v) is 7.27. The molecule has 0 atom stereocenters. The molecule has 0 unspecified atom stereocenters. The molecule has 2 rings (SSSR count). The summed E-state index contributed by atoms with van der Waals surface area (Å²) in [5.74, 6) is 0.197. The van der Waals surface area contributed by atoms with E-state index in [1.54, 1.807) is 0 Å². The van der Waals surface area contributed by atoms with Crippen molar-refractivity contribution in [3.8, 4) is 0 Å². The van der Waals surface area contributed by atoms with Gasteiger partial charge in [0.05, 0.1) is 6.54 Å². The van der Waals surface area contributed by atoms with Gasteiger partial charge in [0, 0.05) is 19.6 Å². The minimum atomic E-state index is 0.197. The molecule has 0 saturated heterocycles. The van der Waals surface area contributed by atoms with Gasteiger partial charge in [-0.3, -0.25) is 4.79 Å². The summed E-state index contributed by atoms with van der Waals surface area (Å²) in [6.45, 7) is 1.27. The molecule has 1 aliphatic carbocycles. The van der Waals surface area contributed by atoms with Gasteiger partial charge in [-0.2, -0.15) is 0 Å². The predicted octanol–water partition coefficient (Wildman–Crippen LogP) is 2.22. The lowest BCUT2D eigenvalue weighted by Crippen LogP contribution is -2.39. The first kappa shape index (κ1) is 14.1. The molecule has 0 bridgehead atoms. The molecular weight excluding hydrogens is 236 g/mol. The number of carbonyl (C=O) groups excluding carboxylic acids is 1. The summed E-state index contributed by atoms with van der Waals surface area (Å²) >= 11 is 0. The molecule has 3 heteroatoms. The Morgan fingerprint density at radius 3 is 2.63 bits per heavy atom. The van der Waals surface area contributed by atoms with Crippen LogP contribution in [0, 0.1) is 0 Å². The Morgan fingerprint density at radius 1 is 1.26 bits per heavy atom. The number of hydrogen-bond acceptors (Lipinski definition) is 2. The molecule has 1 saturated carbocycles. The molecular formula is C16H24N2O. The Balaban J connectivity index is 1.67. The van der Waals surface area contributed by atoms with Crippen LogP contribution >= 0.6 is 0 Å². The number of nitrogens with zero attached hydrogens (tertiary/aromatic N) is 1. The highest BCUT2D eigenvalue weighted by atomic mass is 16.2. The van der Waals surface area contributed by atoms with Crippen LogP contribution in [0.15, 0.2) is 30.3 Å². The van der Waals surface area contributed by atoms with Crippen molar-refractivity contribution in [2.45, 2.75) is 38.1 Å². The number of amides is 1. The molecule has 1 fully saturated rings. The third-order valence-electron chi connectivity index (χ3n) is 3.90. The van der Waals surface area contributed by atoms with Gasteiger partial charge in [-0.25, -0.2) is 0 Å². The summed E-state index contributed by atoms with van der Waals surface area (Å²) in [7, 11) is 1.89. The van der Waals surface area contributed by atoms with Gasteiger partial charge >= 0.3 is 0 Å². The van der Waals surface area contributed by atoms with Crippen molar-refractivity contribution in [1.29, 1.82) is 0 Å². The lowest BCUT2D eigenvalue weighted by Gasteiger charge is -2.19. The van der Waals surface area contributed by atoms with Crippen LogP contribution in [0.1, 0.15) is 31.2 Å². The van der Waals surface area contributed by atoms with Crippen LogP contribution in [0.4, 0.5) is 0 Å². The maximum absolute atomic E-state index is 12.0. The molecule has 0 spiro atoms. The van der Waals surface area contributed by atoms with Crippen molar-refractivity contribution in [1.82, 2.24) is 10.2 Å². The molecule has 0 radical (unpaired) electrons. The number of benzene rings is 1. The van der Waals surface area contributed by atoms with E-state index in [1.807, 2.05) is 30.1 Å². The number of nitrogens with one attached hydrogen (secondary N) is 1. The fourth-order valence-corrected chi connectivity index (χ4v) is 2.56. The summed E-state index contributed by atoms with van der Waals surface area (Å²) < 4.78 is 0. The lowest BCUT2D eigenvalue weighted by atomic mass is 10.1. The van der Waals surface area contributed by atoms with Gasteiger partial charge in [0.1, 0.15) is 0 Å². The van der Waals surface area contributed by atoms with Crippen LogP contribution in [0.2, 0.25) is 0 Å².